The van der Waals surface area contributed by atoms with Crippen molar-refractivity contribution in [3.05, 3.63) is 57.9 Å². The maximum atomic E-state index is 4.66. The first-order valence-corrected chi connectivity index (χ1v) is 7.22. The molecule has 3 nitrogen and oxygen atoms in total. The first-order chi connectivity index (χ1) is 9.25. The number of aromatic nitrogens is 2. The van der Waals surface area contributed by atoms with E-state index in [2.05, 4.69) is 62.7 Å². The highest BCUT2D eigenvalue weighted by molar-refractivity contribution is 14.1. The quantitative estimate of drug-likeness (QED) is 0.718. The van der Waals surface area contributed by atoms with E-state index in [-0.39, 0.29) is 0 Å². The fraction of sp³-hybridized carbons (Fsp3) is 0.133. The lowest BCUT2D eigenvalue weighted by atomic mass is 10.3. The number of benzene rings is 2. The summed E-state index contributed by atoms with van der Waals surface area (Å²) in [5, 5.41) is 3.44. The summed E-state index contributed by atoms with van der Waals surface area (Å²) in [5.41, 5.74) is 3.36. The van der Waals surface area contributed by atoms with E-state index in [1.807, 2.05) is 30.3 Å². The van der Waals surface area contributed by atoms with Gasteiger partial charge in [0.15, 0.2) is 0 Å². The van der Waals surface area contributed by atoms with E-state index in [0.717, 1.165) is 23.6 Å². The van der Waals surface area contributed by atoms with Crippen LogP contribution in [0.4, 0.5) is 5.69 Å². The Morgan fingerprint density at radius 2 is 1.84 bits per heavy atom. The number of anilines is 1. The Morgan fingerprint density at radius 1 is 1.11 bits per heavy atom. The van der Waals surface area contributed by atoms with Gasteiger partial charge < -0.3 is 9.88 Å². The number of fused-ring (bicyclic) bond motifs is 1. The SMILES string of the molecule is Cn1c(CNc2ccccc2I)nc2ccccc21. The molecule has 2 aromatic carbocycles. The third-order valence-corrected chi connectivity index (χ3v) is 4.13. The minimum absolute atomic E-state index is 0.727. The van der Waals surface area contributed by atoms with E-state index in [9.17, 15) is 0 Å². The fourth-order valence-corrected chi connectivity index (χ4v) is 2.71. The molecule has 19 heavy (non-hydrogen) atoms. The summed E-state index contributed by atoms with van der Waals surface area (Å²) in [6, 6.07) is 16.5. The summed E-state index contributed by atoms with van der Waals surface area (Å²) in [5.74, 6) is 1.04. The number of hydrogen-bond acceptors (Lipinski definition) is 2. The molecule has 0 saturated heterocycles. The third-order valence-electron chi connectivity index (χ3n) is 3.19. The van der Waals surface area contributed by atoms with Crippen LogP contribution in [-0.4, -0.2) is 9.55 Å². The van der Waals surface area contributed by atoms with Crippen molar-refractivity contribution in [3.8, 4) is 0 Å². The molecule has 0 bridgehead atoms. The average Bonchev–Trinajstić information content (AvgIpc) is 2.75. The molecule has 0 aliphatic carbocycles. The number of para-hydroxylation sites is 3. The first kappa shape index (κ1) is 12.5. The summed E-state index contributed by atoms with van der Waals surface area (Å²) in [4.78, 5) is 4.66. The molecule has 3 aromatic rings. The summed E-state index contributed by atoms with van der Waals surface area (Å²) >= 11 is 2.34. The molecule has 0 spiro atoms. The van der Waals surface area contributed by atoms with Gasteiger partial charge in [0.25, 0.3) is 0 Å². The van der Waals surface area contributed by atoms with E-state index in [1.54, 1.807) is 0 Å². The van der Waals surface area contributed by atoms with Crippen LogP contribution in [0.15, 0.2) is 48.5 Å². The molecule has 0 aliphatic rings. The van der Waals surface area contributed by atoms with Gasteiger partial charge in [-0.3, -0.25) is 0 Å². The molecule has 0 aliphatic heterocycles. The standard InChI is InChI=1S/C15H14IN3/c1-19-14-9-5-4-8-13(14)18-15(19)10-17-12-7-3-2-6-11(12)16/h2-9,17H,10H2,1H3. The second kappa shape index (κ2) is 5.21. The summed E-state index contributed by atoms with van der Waals surface area (Å²) in [7, 11) is 2.06. The van der Waals surface area contributed by atoms with Gasteiger partial charge >= 0.3 is 0 Å². The van der Waals surface area contributed by atoms with Crippen molar-refractivity contribution in [1.29, 1.82) is 0 Å². The molecular weight excluding hydrogens is 349 g/mol. The van der Waals surface area contributed by atoms with Crippen molar-refractivity contribution in [2.24, 2.45) is 7.05 Å². The van der Waals surface area contributed by atoms with Crippen molar-refractivity contribution < 1.29 is 0 Å². The molecule has 0 radical (unpaired) electrons. The van der Waals surface area contributed by atoms with Gasteiger partial charge in [-0.1, -0.05) is 24.3 Å². The van der Waals surface area contributed by atoms with Crippen LogP contribution < -0.4 is 5.32 Å². The van der Waals surface area contributed by atoms with Crippen LogP contribution in [0.3, 0.4) is 0 Å². The van der Waals surface area contributed by atoms with E-state index >= 15 is 0 Å². The Bertz CT molecular complexity index is 718. The highest BCUT2D eigenvalue weighted by atomic mass is 127. The van der Waals surface area contributed by atoms with Gasteiger partial charge in [0.2, 0.25) is 0 Å². The summed E-state index contributed by atoms with van der Waals surface area (Å²) < 4.78 is 3.36. The molecule has 1 aromatic heterocycles. The van der Waals surface area contributed by atoms with Gasteiger partial charge in [0.05, 0.1) is 17.6 Å². The van der Waals surface area contributed by atoms with Crippen LogP contribution in [0.1, 0.15) is 5.82 Å². The maximum absolute atomic E-state index is 4.66. The number of hydrogen-bond donors (Lipinski definition) is 1. The number of aryl methyl sites for hydroxylation is 1. The summed E-state index contributed by atoms with van der Waals surface area (Å²) in [6.07, 6.45) is 0. The van der Waals surface area contributed by atoms with Crippen molar-refractivity contribution in [1.82, 2.24) is 9.55 Å². The normalized spacial score (nSPS) is 10.8. The number of halogens is 1. The average molecular weight is 363 g/mol. The van der Waals surface area contributed by atoms with E-state index in [0.29, 0.717) is 0 Å². The van der Waals surface area contributed by atoms with Crippen LogP contribution in [-0.2, 0) is 13.6 Å². The number of nitrogens with zero attached hydrogens (tertiary/aromatic N) is 2. The molecule has 0 amide bonds. The number of rotatable bonds is 3. The third kappa shape index (κ3) is 2.45. The Morgan fingerprint density at radius 3 is 2.63 bits per heavy atom. The Hall–Kier alpha value is -1.56. The smallest absolute Gasteiger partial charge is 0.128 e. The van der Waals surface area contributed by atoms with Crippen LogP contribution in [0.25, 0.3) is 11.0 Å². The molecule has 0 atom stereocenters. The topological polar surface area (TPSA) is 29.9 Å². The zero-order valence-electron chi connectivity index (χ0n) is 10.6. The molecule has 96 valence electrons. The monoisotopic (exact) mass is 363 g/mol. The minimum Gasteiger partial charge on any atom is -0.377 e. The van der Waals surface area contributed by atoms with Crippen LogP contribution in [0, 0.1) is 3.57 Å². The van der Waals surface area contributed by atoms with Gasteiger partial charge in [-0.05, 0) is 46.9 Å². The molecular formula is C15H14IN3. The van der Waals surface area contributed by atoms with E-state index in [4.69, 9.17) is 0 Å². The predicted molar refractivity (Wildman–Crippen MR) is 87.2 cm³/mol. The number of nitrogens with one attached hydrogen (secondary N) is 1. The highest BCUT2D eigenvalue weighted by Crippen LogP contribution is 2.19. The van der Waals surface area contributed by atoms with Crippen molar-refractivity contribution in [2.45, 2.75) is 6.54 Å². The van der Waals surface area contributed by atoms with Crippen LogP contribution in [0.2, 0.25) is 0 Å². The lowest BCUT2D eigenvalue weighted by Crippen LogP contribution is -2.06. The lowest BCUT2D eigenvalue weighted by molar-refractivity contribution is 0.834. The van der Waals surface area contributed by atoms with Gasteiger partial charge in [0.1, 0.15) is 5.82 Å². The molecule has 0 fully saturated rings. The Balaban J connectivity index is 1.86. The molecule has 0 unspecified atom stereocenters. The largest absolute Gasteiger partial charge is 0.377 e. The molecule has 0 saturated carbocycles. The second-order valence-electron chi connectivity index (χ2n) is 4.41. The zero-order chi connectivity index (χ0) is 13.2. The Kier molecular flexibility index (Phi) is 3.42. The first-order valence-electron chi connectivity index (χ1n) is 6.14. The second-order valence-corrected chi connectivity index (χ2v) is 5.57. The van der Waals surface area contributed by atoms with Crippen molar-refractivity contribution in [3.63, 3.8) is 0 Å². The van der Waals surface area contributed by atoms with Gasteiger partial charge in [-0.2, -0.15) is 0 Å². The van der Waals surface area contributed by atoms with Gasteiger partial charge in [-0.15, -0.1) is 0 Å². The molecule has 1 N–H and O–H groups in total. The fourth-order valence-electron chi connectivity index (χ4n) is 2.13. The van der Waals surface area contributed by atoms with Crippen LogP contribution >= 0.6 is 22.6 Å². The van der Waals surface area contributed by atoms with Crippen molar-refractivity contribution in [2.75, 3.05) is 5.32 Å². The van der Waals surface area contributed by atoms with Crippen molar-refractivity contribution >= 4 is 39.3 Å². The van der Waals surface area contributed by atoms with E-state index < -0.39 is 0 Å². The van der Waals surface area contributed by atoms with Crippen LogP contribution in [0.5, 0.6) is 0 Å². The maximum Gasteiger partial charge on any atom is 0.128 e. The summed E-state index contributed by atoms with van der Waals surface area (Å²) in [6.45, 7) is 0.727. The highest BCUT2D eigenvalue weighted by Gasteiger charge is 2.07. The van der Waals surface area contributed by atoms with Gasteiger partial charge in [0, 0.05) is 16.3 Å². The molecule has 4 heteroatoms. The Labute approximate surface area is 125 Å². The lowest BCUT2D eigenvalue weighted by Gasteiger charge is -2.08. The minimum atomic E-state index is 0.727. The van der Waals surface area contributed by atoms with E-state index in [1.165, 1.54) is 9.09 Å². The molecule has 1 heterocycles. The zero-order valence-corrected chi connectivity index (χ0v) is 12.8. The van der Waals surface area contributed by atoms with Gasteiger partial charge in [-0.25, -0.2) is 4.98 Å². The number of imidazole rings is 1. The molecule has 3 rings (SSSR count). The predicted octanol–water partition coefficient (Wildman–Crippen LogP) is 3.79.